The van der Waals surface area contributed by atoms with Crippen LogP contribution in [0.1, 0.15) is 22.9 Å². The first kappa shape index (κ1) is 13.2. The highest BCUT2D eigenvalue weighted by molar-refractivity contribution is 9.10. The third-order valence-electron chi connectivity index (χ3n) is 2.76. The molecule has 1 atom stereocenters. The lowest BCUT2D eigenvalue weighted by Gasteiger charge is -2.13. The molecule has 0 aliphatic carbocycles. The van der Waals surface area contributed by atoms with Crippen molar-refractivity contribution in [2.45, 2.75) is 19.4 Å². The predicted octanol–water partition coefficient (Wildman–Crippen LogP) is 3.53. The summed E-state index contributed by atoms with van der Waals surface area (Å²) in [7, 11) is 0. The SMILES string of the molecule is Cc1ccc(CC(N)c2ccc(Br)cc2F)nc1. The Morgan fingerprint density at radius 2 is 2.11 bits per heavy atom. The van der Waals surface area contributed by atoms with Crippen LogP contribution in [0.2, 0.25) is 0 Å². The summed E-state index contributed by atoms with van der Waals surface area (Å²) < 4.78 is 14.4. The first-order valence-electron chi connectivity index (χ1n) is 5.68. The Bertz CT molecular complexity index is 540. The summed E-state index contributed by atoms with van der Waals surface area (Å²) in [6.07, 6.45) is 2.32. The average molecular weight is 309 g/mol. The van der Waals surface area contributed by atoms with Gasteiger partial charge in [-0.05, 0) is 30.7 Å². The number of hydrogen-bond acceptors (Lipinski definition) is 2. The maximum absolute atomic E-state index is 13.7. The molecule has 0 aliphatic rings. The van der Waals surface area contributed by atoms with Gasteiger partial charge in [0.2, 0.25) is 0 Å². The average Bonchev–Trinajstić information content (AvgIpc) is 2.32. The highest BCUT2D eigenvalue weighted by Gasteiger charge is 2.12. The Labute approximate surface area is 114 Å². The second-order valence-electron chi connectivity index (χ2n) is 4.30. The van der Waals surface area contributed by atoms with Crippen LogP contribution in [0.4, 0.5) is 4.39 Å². The minimum atomic E-state index is -0.381. The molecule has 0 bridgehead atoms. The minimum absolute atomic E-state index is 0.288. The van der Waals surface area contributed by atoms with Crippen molar-refractivity contribution in [3.05, 3.63) is 63.6 Å². The zero-order chi connectivity index (χ0) is 13.1. The van der Waals surface area contributed by atoms with Crippen LogP contribution in [-0.4, -0.2) is 4.98 Å². The van der Waals surface area contributed by atoms with E-state index in [1.54, 1.807) is 18.3 Å². The minimum Gasteiger partial charge on any atom is -0.324 e. The standard InChI is InChI=1S/C14H14BrFN2/c1-9-2-4-11(18-8-9)7-14(17)12-5-3-10(15)6-13(12)16/h2-6,8,14H,7,17H2,1H3. The van der Waals surface area contributed by atoms with E-state index >= 15 is 0 Å². The molecule has 0 spiro atoms. The van der Waals surface area contributed by atoms with Crippen molar-refractivity contribution >= 4 is 15.9 Å². The lowest BCUT2D eigenvalue weighted by Crippen LogP contribution is -2.15. The number of nitrogens with two attached hydrogens (primary N) is 1. The van der Waals surface area contributed by atoms with Gasteiger partial charge >= 0.3 is 0 Å². The summed E-state index contributed by atoms with van der Waals surface area (Å²) in [5.74, 6) is -0.288. The van der Waals surface area contributed by atoms with Crippen LogP contribution in [0.3, 0.4) is 0 Å². The van der Waals surface area contributed by atoms with Crippen LogP contribution >= 0.6 is 15.9 Å². The quantitative estimate of drug-likeness (QED) is 0.942. The molecular formula is C14H14BrFN2. The molecule has 1 heterocycles. The number of rotatable bonds is 3. The molecule has 0 fully saturated rings. The molecule has 0 saturated heterocycles. The molecule has 0 saturated carbocycles. The number of aryl methyl sites for hydroxylation is 1. The Kier molecular flexibility index (Phi) is 4.09. The van der Waals surface area contributed by atoms with Crippen molar-refractivity contribution < 1.29 is 4.39 Å². The number of hydrogen-bond donors (Lipinski definition) is 1. The molecule has 2 rings (SSSR count). The zero-order valence-electron chi connectivity index (χ0n) is 10.0. The van der Waals surface area contributed by atoms with Gasteiger partial charge in [0, 0.05) is 34.4 Å². The van der Waals surface area contributed by atoms with Crippen LogP contribution < -0.4 is 5.73 Å². The topological polar surface area (TPSA) is 38.9 Å². The summed E-state index contributed by atoms with van der Waals surface area (Å²) in [6.45, 7) is 1.98. The Morgan fingerprint density at radius 1 is 1.33 bits per heavy atom. The fourth-order valence-electron chi connectivity index (χ4n) is 1.76. The van der Waals surface area contributed by atoms with Gasteiger partial charge in [0.25, 0.3) is 0 Å². The van der Waals surface area contributed by atoms with E-state index < -0.39 is 0 Å². The highest BCUT2D eigenvalue weighted by atomic mass is 79.9. The summed E-state index contributed by atoms with van der Waals surface area (Å²) in [6, 6.07) is 8.45. The van der Waals surface area contributed by atoms with Crippen LogP contribution in [0, 0.1) is 12.7 Å². The van der Waals surface area contributed by atoms with E-state index in [0.29, 0.717) is 16.5 Å². The van der Waals surface area contributed by atoms with Crippen LogP contribution in [-0.2, 0) is 6.42 Å². The normalized spacial score (nSPS) is 12.4. The van der Waals surface area contributed by atoms with Crippen LogP contribution in [0.5, 0.6) is 0 Å². The smallest absolute Gasteiger partial charge is 0.129 e. The zero-order valence-corrected chi connectivity index (χ0v) is 11.6. The second kappa shape index (κ2) is 5.59. The molecule has 94 valence electrons. The molecule has 1 aromatic heterocycles. The molecule has 1 unspecified atom stereocenters. The van der Waals surface area contributed by atoms with Gasteiger partial charge in [0.1, 0.15) is 5.82 Å². The van der Waals surface area contributed by atoms with Gasteiger partial charge in [-0.15, -0.1) is 0 Å². The number of halogens is 2. The summed E-state index contributed by atoms with van der Waals surface area (Å²) in [5.41, 5.74) is 8.51. The Morgan fingerprint density at radius 3 is 2.72 bits per heavy atom. The van der Waals surface area contributed by atoms with E-state index in [1.165, 1.54) is 6.07 Å². The predicted molar refractivity (Wildman–Crippen MR) is 73.7 cm³/mol. The maximum atomic E-state index is 13.7. The molecule has 2 N–H and O–H groups in total. The Hall–Kier alpha value is -1.26. The summed E-state index contributed by atoms with van der Waals surface area (Å²) >= 11 is 3.23. The fourth-order valence-corrected chi connectivity index (χ4v) is 2.09. The van der Waals surface area contributed by atoms with Gasteiger partial charge in [-0.3, -0.25) is 4.98 Å². The van der Waals surface area contributed by atoms with E-state index in [0.717, 1.165) is 11.3 Å². The van der Waals surface area contributed by atoms with Crippen molar-refractivity contribution in [1.82, 2.24) is 4.98 Å². The summed E-state index contributed by atoms with van der Waals surface area (Å²) in [5, 5.41) is 0. The van der Waals surface area contributed by atoms with Gasteiger partial charge in [-0.2, -0.15) is 0 Å². The van der Waals surface area contributed by atoms with Crippen molar-refractivity contribution in [3.63, 3.8) is 0 Å². The molecule has 2 aromatic rings. The van der Waals surface area contributed by atoms with Crippen molar-refractivity contribution in [1.29, 1.82) is 0 Å². The van der Waals surface area contributed by atoms with Crippen molar-refractivity contribution in [3.8, 4) is 0 Å². The molecule has 18 heavy (non-hydrogen) atoms. The second-order valence-corrected chi connectivity index (χ2v) is 5.22. The largest absolute Gasteiger partial charge is 0.324 e. The molecule has 1 aromatic carbocycles. The lowest BCUT2D eigenvalue weighted by atomic mass is 10.0. The van der Waals surface area contributed by atoms with E-state index in [-0.39, 0.29) is 11.9 Å². The van der Waals surface area contributed by atoms with Crippen LogP contribution in [0.25, 0.3) is 0 Å². The highest BCUT2D eigenvalue weighted by Crippen LogP contribution is 2.22. The summed E-state index contributed by atoms with van der Waals surface area (Å²) in [4.78, 5) is 4.28. The third kappa shape index (κ3) is 3.15. The lowest BCUT2D eigenvalue weighted by molar-refractivity contribution is 0.577. The first-order valence-corrected chi connectivity index (χ1v) is 6.47. The van der Waals surface area contributed by atoms with Gasteiger partial charge in [0.05, 0.1) is 0 Å². The molecular weight excluding hydrogens is 295 g/mol. The number of aromatic nitrogens is 1. The fraction of sp³-hybridized carbons (Fsp3) is 0.214. The molecule has 4 heteroatoms. The molecule has 2 nitrogen and oxygen atoms in total. The molecule has 0 amide bonds. The van der Waals surface area contributed by atoms with Crippen molar-refractivity contribution in [2.75, 3.05) is 0 Å². The first-order chi connectivity index (χ1) is 8.56. The molecule has 0 radical (unpaired) electrons. The van der Waals surface area contributed by atoms with Gasteiger partial charge < -0.3 is 5.73 Å². The monoisotopic (exact) mass is 308 g/mol. The number of benzene rings is 1. The van der Waals surface area contributed by atoms with Gasteiger partial charge in [-0.25, -0.2) is 4.39 Å². The van der Waals surface area contributed by atoms with Gasteiger partial charge in [-0.1, -0.05) is 28.1 Å². The van der Waals surface area contributed by atoms with E-state index in [1.807, 2.05) is 19.1 Å². The maximum Gasteiger partial charge on any atom is 0.129 e. The van der Waals surface area contributed by atoms with E-state index in [9.17, 15) is 4.39 Å². The van der Waals surface area contributed by atoms with Crippen molar-refractivity contribution in [2.24, 2.45) is 5.73 Å². The third-order valence-corrected chi connectivity index (χ3v) is 3.26. The number of nitrogens with zero attached hydrogens (tertiary/aromatic N) is 1. The Balaban J connectivity index is 2.16. The van der Waals surface area contributed by atoms with E-state index in [4.69, 9.17) is 5.73 Å². The van der Waals surface area contributed by atoms with Gasteiger partial charge in [0.15, 0.2) is 0 Å². The van der Waals surface area contributed by atoms with E-state index in [2.05, 4.69) is 20.9 Å². The van der Waals surface area contributed by atoms with Crippen LogP contribution in [0.15, 0.2) is 41.0 Å². The number of pyridine rings is 1. The molecule has 0 aliphatic heterocycles.